The first-order valence-corrected chi connectivity index (χ1v) is 9.74. The highest BCUT2D eigenvalue weighted by Gasteiger charge is 2.14. The lowest BCUT2D eigenvalue weighted by molar-refractivity contribution is -0.121. The van der Waals surface area contributed by atoms with Crippen molar-refractivity contribution in [1.82, 2.24) is 14.9 Å². The molecule has 0 unspecified atom stereocenters. The second-order valence-electron chi connectivity index (χ2n) is 7.06. The van der Waals surface area contributed by atoms with E-state index in [1.807, 2.05) is 59.2 Å². The van der Waals surface area contributed by atoms with E-state index >= 15 is 0 Å². The molecule has 0 bridgehead atoms. The molecule has 30 heavy (non-hydrogen) atoms. The third kappa shape index (κ3) is 4.49. The highest BCUT2D eigenvalue weighted by molar-refractivity contribution is 5.81. The summed E-state index contributed by atoms with van der Waals surface area (Å²) in [6.45, 7) is 2.41. The number of ether oxygens (including phenoxy) is 1. The predicted molar refractivity (Wildman–Crippen MR) is 113 cm³/mol. The molecule has 0 spiro atoms. The highest BCUT2D eigenvalue weighted by atomic mass is 19.1. The minimum atomic E-state index is -0.252. The number of aromatic nitrogens is 2. The lowest BCUT2D eigenvalue weighted by Crippen LogP contribution is -2.28. The van der Waals surface area contributed by atoms with Crippen LogP contribution in [0.25, 0.3) is 11.0 Å². The molecule has 5 nitrogen and oxygen atoms in total. The van der Waals surface area contributed by atoms with E-state index in [0.717, 1.165) is 22.3 Å². The Kier molecular flexibility index (Phi) is 5.75. The minimum Gasteiger partial charge on any atom is -0.486 e. The van der Waals surface area contributed by atoms with E-state index in [4.69, 9.17) is 4.74 Å². The number of para-hydroxylation sites is 3. The van der Waals surface area contributed by atoms with Gasteiger partial charge in [0.05, 0.1) is 11.0 Å². The van der Waals surface area contributed by atoms with Gasteiger partial charge in [0.15, 0.2) is 0 Å². The Bertz CT molecular complexity index is 1170. The van der Waals surface area contributed by atoms with Crippen molar-refractivity contribution in [3.63, 3.8) is 0 Å². The van der Waals surface area contributed by atoms with Crippen molar-refractivity contribution >= 4 is 16.9 Å². The van der Waals surface area contributed by atoms with Gasteiger partial charge in [0, 0.05) is 6.54 Å². The molecule has 0 radical (unpaired) electrons. The SMILES string of the molecule is Cc1cc(CNC(=O)Cn2c(COc3ccccc3)nc3ccccc32)ccc1F. The van der Waals surface area contributed by atoms with Crippen LogP contribution in [0.4, 0.5) is 4.39 Å². The van der Waals surface area contributed by atoms with E-state index in [2.05, 4.69) is 10.3 Å². The van der Waals surface area contributed by atoms with Gasteiger partial charge in [0.1, 0.15) is 30.5 Å². The maximum Gasteiger partial charge on any atom is 0.240 e. The Morgan fingerprint density at radius 1 is 1.07 bits per heavy atom. The maximum absolute atomic E-state index is 13.4. The van der Waals surface area contributed by atoms with Crippen molar-refractivity contribution < 1.29 is 13.9 Å². The lowest BCUT2D eigenvalue weighted by Gasteiger charge is -2.11. The van der Waals surface area contributed by atoms with Gasteiger partial charge >= 0.3 is 0 Å². The Labute approximate surface area is 174 Å². The second-order valence-corrected chi connectivity index (χ2v) is 7.06. The fourth-order valence-electron chi connectivity index (χ4n) is 3.29. The van der Waals surface area contributed by atoms with Gasteiger partial charge in [0.25, 0.3) is 0 Å². The van der Waals surface area contributed by atoms with Gasteiger partial charge in [-0.15, -0.1) is 0 Å². The zero-order chi connectivity index (χ0) is 20.9. The minimum absolute atomic E-state index is 0.119. The molecule has 0 fully saturated rings. The van der Waals surface area contributed by atoms with Crippen molar-refractivity contribution in [3.05, 3.63) is 95.6 Å². The first-order chi connectivity index (χ1) is 14.6. The van der Waals surface area contributed by atoms with Crippen molar-refractivity contribution in [2.75, 3.05) is 0 Å². The fraction of sp³-hybridized carbons (Fsp3) is 0.167. The summed E-state index contributed by atoms with van der Waals surface area (Å²) >= 11 is 0. The molecule has 1 amide bonds. The van der Waals surface area contributed by atoms with Gasteiger partial charge in [-0.1, -0.05) is 42.5 Å². The molecule has 1 aromatic heterocycles. The summed E-state index contributed by atoms with van der Waals surface area (Å²) in [6.07, 6.45) is 0. The van der Waals surface area contributed by atoms with Gasteiger partial charge in [-0.25, -0.2) is 9.37 Å². The normalized spacial score (nSPS) is 10.9. The zero-order valence-corrected chi connectivity index (χ0v) is 16.6. The summed E-state index contributed by atoms with van der Waals surface area (Å²) < 4.78 is 21.1. The molecule has 152 valence electrons. The van der Waals surface area contributed by atoms with Gasteiger partial charge in [0.2, 0.25) is 5.91 Å². The predicted octanol–water partition coefficient (Wildman–Crippen LogP) is 4.38. The van der Waals surface area contributed by atoms with Gasteiger partial charge in [-0.3, -0.25) is 4.79 Å². The molecule has 1 heterocycles. The summed E-state index contributed by atoms with van der Waals surface area (Å²) in [5.41, 5.74) is 3.09. The van der Waals surface area contributed by atoms with E-state index < -0.39 is 0 Å². The number of imidazole rings is 1. The zero-order valence-electron chi connectivity index (χ0n) is 16.6. The van der Waals surface area contributed by atoms with Crippen molar-refractivity contribution in [3.8, 4) is 5.75 Å². The van der Waals surface area contributed by atoms with Crippen LogP contribution in [0.3, 0.4) is 0 Å². The molecule has 0 saturated carbocycles. The van der Waals surface area contributed by atoms with Crippen LogP contribution in [0.5, 0.6) is 5.75 Å². The van der Waals surface area contributed by atoms with Crippen molar-refractivity contribution in [2.24, 2.45) is 0 Å². The van der Waals surface area contributed by atoms with E-state index in [0.29, 0.717) is 17.9 Å². The number of hydrogen-bond donors (Lipinski definition) is 1. The Morgan fingerprint density at radius 2 is 1.83 bits per heavy atom. The second kappa shape index (κ2) is 8.78. The monoisotopic (exact) mass is 403 g/mol. The smallest absolute Gasteiger partial charge is 0.240 e. The Hall–Kier alpha value is -3.67. The average Bonchev–Trinajstić information content (AvgIpc) is 3.11. The number of rotatable bonds is 7. The number of benzene rings is 3. The molecule has 3 aromatic carbocycles. The molecule has 0 aliphatic carbocycles. The topological polar surface area (TPSA) is 56.2 Å². The van der Waals surface area contributed by atoms with Crippen LogP contribution in [0.15, 0.2) is 72.8 Å². The van der Waals surface area contributed by atoms with Crippen LogP contribution in [0.2, 0.25) is 0 Å². The molecule has 0 saturated heterocycles. The lowest BCUT2D eigenvalue weighted by atomic mass is 10.1. The van der Waals surface area contributed by atoms with Crippen LogP contribution in [0, 0.1) is 12.7 Å². The fourth-order valence-corrected chi connectivity index (χ4v) is 3.29. The summed E-state index contributed by atoms with van der Waals surface area (Å²) in [7, 11) is 0. The van der Waals surface area contributed by atoms with Crippen LogP contribution in [-0.2, 0) is 24.5 Å². The molecule has 1 N–H and O–H groups in total. The third-order valence-corrected chi connectivity index (χ3v) is 4.86. The molecule has 4 rings (SSSR count). The standard InChI is InChI=1S/C24H22FN3O2/c1-17-13-18(11-12-20(17)25)14-26-24(29)15-28-22-10-6-5-9-21(22)27-23(28)16-30-19-7-3-2-4-8-19/h2-13H,14-16H2,1H3,(H,26,29). The number of nitrogens with zero attached hydrogens (tertiary/aromatic N) is 2. The maximum atomic E-state index is 13.4. The van der Waals surface area contributed by atoms with Crippen LogP contribution in [0.1, 0.15) is 17.0 Å². The molecular weight excluding hydrogens is 381 g/mol. The van der Waals surface area contributed by atoms with Crippen molar-refractivity contribution in [2.45, 2.75) is 26.6 Å². The summed E-state index contributed by atoms with van der Waals surface area (Å²) in [4.78, 5) is 17.3. The first kappa shape index (κ1) is 19.6. The van der Waals surface area contributed by atoms with Gasteiger partial charge in [-0.05, 0) is 48.4 Å². The van der Waals surface area contributed by atoms with Gasteiger partial charge in [-0.2, -0.15) is 0 Å². The highest BCUT2D eigenvalue weighted by Crippen LogP contribution is 2.18. The van der Waals surface area contributed by atoms with E-state index in [1.54, 1.807) is 19.1 Å². The molecular formula is C24H22FN3O2. The molecule has 0 atom stereocenters. The number of fused-ring (bicyclic) bond motifs is 1. The third-order valence-electron chi connectivity index (χ3n) is 4.86. The summed E-state index contributed by atoms with van der Waals surface area (Å²) in [5.74, 6) is 1.01. The molecule has 0 aliphatic heterocycles. The van der Waals surface area contributed by atoms with E-state index in [9.17, 15) is 9.18 Å². The quantitative estimate of drug-likeness (QED) is 0.498. The number of halogens is 1. The molecule has 6 heteroatoms. The van der Waals surface area contributed by atoms with Crippen LogP contribution in [-0.4, -0.2) is 15.5 Å². The molecule has 0 aliphatic rings. The number of aryl methyl sites for hydroxylation is 1. The number of carbonyl (C=O) groups excluding carboxylic acids is 1. The largest absolute Gasteiger partial charge is 0.486 e. The van der Waals surface area contributed by atoms with Crippen molar-refractivity contribution in [1.29, 1.82) is 0 Å². The number of nitrogens with one attached hydrogen (secondary N) is 1. The van der Waals surface area contributed by atoms with Crippen LogP contribution < -0.4 is 10.1 Å². The number of hydrogen-bond acceptors (Lipinski definition) is 3. The average molecular weight is 403 g/mol. The first-order valence-electron chi connectivity index (χ1n) is 9.74. The summed E-state index contributed by atoms with van der Waals surface area (Å²) in [5, 5.41) is 2.90. The Morgan fingerprint density at radius 3 is 2.63 bits per heavy atom. The van der Waals surface area contributed by atoms with E-state index in [1.165, 1.54) is 6.07 Å². The van der Waals surface area contributed by atoms with E-state index in [-0.39, 0.29) is 24.9 Å². The number of carbonyl (C=O) groups is 1. The molecule has 4 aromatic rings. The van der Waals surface area contributed by atoms with Gasteiger partial charge < -0.3 is 14.6 Å². The summed E-state index contributed by atoms with van der Waals surface area (Å²) in [6, 6.07) is 22.0. The number of amides is 1. The van der Waals surface area contributed by atoms with Crippen LogP contribution >= 0.6 is 0 Å². The Balaban J connectivity index is 1.49.